The third-order valence-electron chi connectivity index (χ3n) is 4.73. The van der Waals surface area contributed by atoms with Crippen molar-refractivity contribution in [3.8, 4) is 0 Å². The third kappa shape index (κ3) is 5.45. The first kappa shape index (κ1) is 21.5. The fourth-order valence-corrected chi connectivity index (χ4v) is 4.49. The van der Waals surface area contributed by atoms with Crippen molar-refractivity contribution in [2.75, 3.05) is 64.1 Å². The number of aliphatic hydroxyl groups excluding tert-OH is 1. The Bertz CT molecular complexity index is 1000. The van der Waals surface area contributed by atoms with E-state index in [0.717, 1.165) is 64.1 Å². The van der Waals surface area contributed by atoms with Gasteiger partial charge in [-0.25, -0.2) is 0 Å². The van der Waals surface area contributed by atoms with Crippen LogP contribution in [0, 0.1) is 0 Å². The van der Waals surface area contributed by atoms with Crippen molar-refractivity contribution in [1.82, 2.24) is 10.2 Å². The lowest BCUT2D eigenvalue weighted by Crippen LogP contribution is -2.25. The Balaban J connectivity index is 1.94. The number of nitrogens with zero attached hydrogens (tertiary/aromatic N) is 1. The molecule has 1 heterocycles. The second kappa shape index (κ2) is 10.5. The number of fused-ring (bicyclic) bond motifs is 2. The van der Waals surface area contributed by atoms with Gasteiger partial charge in [0.05, 0.1) is 22.4 Å². The molecule has 0 bridgehead atoms. The van der Waals surface area contributed by atoms with Crippen LogP contribution in [0.25, 0.3) is 20.2 Å². The van der Waals surface area contributed by atoms with Crippen LogP contribution in [-0.4, -0.2) is 63.4 Å². The highest BCUT2D eigenvalue weighted by molar-refractivity contribution is 7.25. The van der Waals surface area contributed by atoms with Gasteiger partial charge in [-0.05, 0) is 51.3 Å². The number of hydrogen-bond acceptors (Lipinski definition) is 7. The predicted molar refractivity (Wildman–Crippen MR) is 126 cm³/mol. The number of aliphatic hydroxyl groups is 1. The van der Waals surface area contributed by atoms with Crippen LogP contribution in [0.15, 0.2) is 41.2 Å². The molecule has 0 aliphatic rings. The summed E-state index contributed by atoms with van der Waals surface area (Å²) in [4.78, 5) is 15.5. The van der Waals surface area contributed by atoms with Crippen LogP contribution in [0.1, 0.15) is 6.42 Å². The lowest BCUT2D eigenvalue weighted by molar-refractivity contribution is 0.293. The van der Waals surface area contributed by atoms with Gasteiger partial charge in [-0.2, -0.15) is 0 Å². The van der Waals surface area contributed by atoms with Gasteiger partial charge in [-0.3, -0.25) is 4.79 Å². The van der Waals surface area contributed by atoms with Crippen LogP contribution < -0.4 is 21.4 Å². The van der Waals surface area contributed by atoms with Gasteiger partial charge in [-0.1, -0.05) is 12.1 Å². The van der Waals surface area contributed by atoms with Crippen molar-refractivity contribution in [2.45, 2.75) is 6.42 Å². The van der Waals surface area contributed by atoms with E-state index >= 15 is 0 Å². The van der Waals surface area contributed by atoms with Crippen molar-refractivity contribution in [3.63, 3.8) is 0 Å². The highest BCUT2D eigenvalue weighted by Crippen LogP contribution is 2.34. The Kier molecular flexibility index (Phi) is 7.83. The first-order valence-corrected chi connectivity index (χ1v) is 10.9. The summed E-state index contributed by atoms with van der Waals surface area (Å²) < 4.78 is 1.98. The van der Waals surface area contributed by atoms with Gasteiger partial charge in [0.2, 0.25) is 0 Å². The fraction of sp³-hybridized carbons (Fsp3) is 0.409. The third-order valence-corrected chi connectivity index (χ3v) is 5.94. The SMILES string of the molecule is CN(C)CCCNc1ccc(NCCNCCO)c2sc3ccccc3c(=O)c12. The van der Waals surface area contributed by atoms with E-state index in [1.165, 1.54) is 0 Å². The average Bonchev–Trinajstić information content (AvgIpc) is 2.72. The molecule has 0 saturated heterocycles. The minimum atomic E-state index is 0.0755. The average molecular weight is 415 g/mol. The monoisotopic (exact) mass is 414 g/mol. The molecule has 0 amide bonds. The van der Waals surface area contributed by atoms with Crippen molar-refractivity contribution in [1.29, 1.82) is 0 Å². The zero-order valence-electron chi connectivity index (χ0n) is 17.1. The van der Waals surface area contributed by atoms with Gasteiger partial charge in [-0.15, -0.1) is 11.3 Å². The van der Waals surface area contributed by atoms with Gasteiger partial charge < -0.3 is 26.0 Å². The first-order valence-electron chi connectivity index (χ1n) is 10.0. The molecule has 4 N–H and O–H groups in total. The van der Waals surface area contributed by atoms with Crippen LogP contribution >= 0.6 is 11.3 Å². The Labute approximate surface area is 175 Å². The molecule has 0 radical (unpaired) electrons. The molecule has 3 aromatic rings. The van der Waals surface area contributed by atoms with Crippen LogP contribution in [0.2, 0.25) is 0 Å². The molecular formula is C22H30N4O2S. The van der Waals surface area contributed by atoms with E-state index in [2.05, 4.69) is 34.9 Å². The summed E-state index contributed by atoms with van der Waals surface area (Å²) in [5.41, 5.74) is 1.94. The molecule has 0 saturated carbocycles. The maximum atomic E-state index is 13.3. The second-order valence-corrected chi connectivity index (χ2v) is 8.33. The second-order valence-electron chi connectivity index (χ2n) is 7.28. The molecule has 2 aromatic carbocycles. The zero-order valence-corrected chi connectivity index (χ0v) is 17.9. The molecule has 3 rings (SSSR count). The number of rotatable bonds is 11. The number of anilines is 2. The minimum absolute atomic E-state index is 0.0755. The fourth-order valence-electron chi connectivity index (χ4n) is 3.30. The lowest BCUT2D eigenvalue weighted by Gasteiger charge is -2.15. The van der Waals surface area contributed by atoms with E-state index in [1.807, 2.05) is 36.4 Å². The standard InChI is InChI=1S/C22H30N4O2S/c1-26(2)14-5-10-24-17-8-9-18(25-12-11-23-13-15-27)22-20(17)21(28)16-6-3-4-7-19(16)29-22/h3-4,6-9,23-25,27H,5,10-15H2,1-2H3. The van der Waals surface area contributed by atoms with Crippen LogP contribution in [0.4, 0.5) is 11.4 Å². The van der Waals surface area contributed by atoms with Crippen LogP contribution in [0.3, 0.4) is 0 Å². The van der Waals surface area contributed by atoms with Gasteiger partial charge in [0.1, 0.15) is 0 Å². The molecule has 0 fully saturated rings. The van der Waals surface area contributed by atoms with Crippen molar-refractivity contribution in [2.24, 2.45) is 0 Å². The van der Waals surface area contributed by atoms with E-state index in [0.29, 0.717) is 6.54 Å². The Morgan fingerprint density at radius 1 is 0.966 bits per heavy atom. The van der Waals surface area contributed by atoms with E-state index in [9.17, 15) is 4.79 Å². The molecule has 6 nitrogen and oxygen atoms in total. The maximum absolute atomic E-state index is 13.3. The van der Waals surface area contributed by atoms with Gasteiger partial charge in [0, 0.05) is 42.0 Å². The Morgan fingerprint density at radius 3 is 2.52 bits per heavy atom. The number of hydrogen-bond donors (Lipinski definition) is 4. The van der Waals surface area contributed by atoms with Crippen molar-refractivity contribution in [3.05, 3.63) is 46.6 Å². The van der Waals surface area contributed by atoms with E-state index in [1.54, 1.807) is 11.3 Å². The molecule has 0 unspecified atom stereocenters. The van der Waals surface area contributed by atoms with Crippen molar-refractivity contribution < 1.29 is 5.11 Å². The molecular weight excluding hydrogens is 384 g/mol. The molecule has 0 aliphatic carbocycles. The molecule has 0 spiro atoms. The van der Waals surface area contributed by atoms with E-state index in [4.69, 9.17) is 5.11 Å². The van der Waals surface area contributed by atoms with Gasteiger partial charge in [0.25, 0.3) is 0 Å². The Hall–Kier alpha value is -2.19. The summed E-state index contributed by atoms with van der Waals surface area (Å²) in [5.74, 6) is 0. The normalized spacial score (nSPS) is 11.4. The van der Waals surface area contributed by atoms with E-state index in [-0.39, 0.29) is 12.0 Å². The first-order chi connectivity index (χ1) is 14.1. The summed E-state index contributed by atoms with van der Waals surface area (Å²) in [7, 11) is 4.13. The van der Waals surface area contributed by atoms with Gasteiger partial charge in [0.15, 0.2) is 5.43 Å². The molecule has 0 atom stereocenters. The summed E-state index contributed by atoms with van der Waals surface area (Å²) >= 11 is 1.65. The van der Waals surface area contributed by atoms with Gasteiger partial charge >= 0.3 is 0 Å². The highest BCUT2D eigenvalue weighted by atomic mass is 32.1. The molecule has 1 aromatic heterocycles. The molecule has 156 valence electrons. The quantitative estimate of drug-likeness (QED) is 0.286. The predicted octanol–water partition coefficient (Wildman–Crippen LogP) is 2.77. The molecule has 7 heteroatoms. The van der Waals surface area contributed by atoms with Crippen LogP contribution in [-0.2, 0) is 0 Å². The number of nitrogens with one attached hydrogen (secondary N) is 3. The van der Waals surface area contributed by atoms with Crippen molar-refractivity contribution >= 4 is 42.9 Å². The Morgan fingerprint density at radius 2 is 1.72 bits per heavy atom. The summed E-state index contributed by atoms with van der Waals surface area (Å²) in [6, 6.07) is 11.9. The lowest BCUT2D eigenvalue weighted by atomic mass is 10.1. The zero-order chi connectivity index (χ0) is 20.6. The summed E-state index contributed by atoms with van der Waals surface area (Å²) in [6.07, 6.45) is 1.01. The maximum Gasteiger partial charge on any atom is 0.198 e. The number of benzene rings is 2. The molecule has 29 heavy (non-hydrogen) atoms. The summed E-state index contributed by atoms with van der Waals surface area (Å²) in [6.45, 7) is 4.00. The molecule has 0 aliphatic heterocycles. The summed E-state index contributed by atoms with van der Waals surface area (Å²) in [5, 5.41) is 20.5. The topological polar surface area (TPSA) is 76.6 Å². The van der Waals surface area contributed by atoms with E-state index < -0.39 is 0 Å². The smallest absolute Gasteiger partial charge is 0.198 e. The minimum Gasteiger partial charge on any atom is -0.395 e. The highest BCUT2D eigenvalue weighted by Gasteiger charge is 2.13. The van der Waals surface area contributed by atoms with Crippen LogP contribution in [0.5, 0.6) is 0 Å². The largest absolute Gasteiger partial charge is 0.395 e.